The van der Waals surface area contributed by atoms with Crippen LogP contribution >= 0.6 is 0 Å². The van der Waals surface area contributed by atoms with E-state index in [2.05, 4.69) is 49.1 Å². The predicted molar refractivity (Wildman–Crippen MR) is 86.3 cm³/mol. The highest BCUT2D eigenvalue weighted by atomic mass is 15.1. The van der Waals surface area contributed by atoms with Gasteiger partial charge in [0.25, 0.3) is 0 Å². The largest absolute Gasteiger partial charge is 0.381 e. The van der Waals surface area contributed by atoms with Gasteiger partial charge in [0.1, 0.15) is 0 Å². The maximum absolute atomic E-state index is 4.44. The molecule has 0 aliphatic carbocycles. The summed E-state index contributed by atoms with van der Waals surface area (Å²) < 4.78 is 0. The normalized spacial score (nSPS) is 18.2. The molecular formula is C17H29N3. The second kappa shape index (κ2) is 6.57. The summed E-state index contributed by atoms with van der Waals surface area (Å²) in [6.45, 7) is 9.24. The van der Waals surface area contributed by atoms with Crippen LogP contribution in [0.4, 0.5) is 5.69 Å². The molecule has 1 aromatic heterocycles. The van der Waals surface area contributed by atoms with Gasteiger partial charge in [0.15, 0.2) is 0 Å². The highest BCUT2D eigenvalue weighted by molar-refractivity contribution is 5.45. The summed E-state index contributed by atoms with van der Waals surface area (Å²) in [5, 5.41) is 3.67. The molecule has 0 atom stereocenters. The van der Waals surface area contributed by atoms with Crippen molar-refractivity contribution in [1.29, 1.82) is 0 Å². The molecule has 1 aliphatic heterocycles. The lowest BCUT2D eigenvalue weighted by molar-refractivity contribution is 0.264. The van der Waals surface area contributed by atoms with Gasteiger partial charge in [0, 0.05) is 18.4 Å². The van der Waals surface area contributed by atoms with Crippen molar-refractivity contribution in [1.82, 2.24) is 9.88 Å². The Kier molecular flexibility index (Phi) is 5.03. The Morgan fingerprint density at radius 1 is 1.30 bits per heavy atom. The molecule has 0 aromatic carbocycles. The number of nitrogens with zero attached hydrogens (tertiary/aromatic N) is 2. The van der Waals surface area contributed by atoms with E-state index in [9.17, 15) is 0 Å². The van der Waals surface area contributed by atoms with Gasteiger partial charge in [-0.3, -0.25) is 4.98 Å². The molecule has 3 nitrogen and oxygen atoms in total. The maximum atomic E-state index is 4.44. The fourth-order valence-electron chi connectivity index (χ4n) is 3.05. The Morgan fingerprint density at radius 3 is 2.65 bits per heavy atom. The average Bonchev–Trinajstić information content (AvgIpc) is 2.42. The number of piperidine rings is 1. The number of pyridine rings is 1. The number of aromatic nitrogens is 1. The lowest BCUT2D eigenvalue weighted by Gasteiger charge is -2.30. The molecule has 0 amide bonds. The van der Waals surface area contributed by atoms with Gasteiger partial charge in [-0.15, -0.1) is 0 Å². The van der Waals surface area contributed by atoms with Crippen LogP contribution in [0.3, 0.4) is 0 Å². The minimum Gasteiger partial charge on any atom is -0.381 e. The minimum atomic E-state index is 0.215. The van der Waals surface area contributed by atoms with E-state index in [0.717, 1.165) is 0 Å². The predicted octanol–water partition coefficient (Wildman–Crippen LogP) is 3.67. The SMILES string of the molecule is CCCC(C)(C)c1cncc(NC2CCN(C)CC2)c1. The highest BCUT2D eigenvalue weighted by Crippen LogP contribution is 2.29. The zero-order chi connectivity index (χ0) is 14.6. The van der Waals surface area contributed by atoms with Crippen molar-refractivity contribution in [2.45, 2.75) is 57.9 Å². The van der Waals surface area contributed by atoms with Gasteiger partial charge in [0.05, 0.1) is 5.69 Å². The molecule has 1 aliphatic rings. The van der Waals surface area contributed by atoms with Crippen LogP contribution in [-0.2, 0) is 5.41 Å². The molecule has 1 saturated heterocycles. The van der Waals surface area contributed by atoms with E-state index < -0.39 is 0 Å². The summed E-state index contributed by atoms with van der Waals surface area (Å²) in [6.07, 6.45) is 8.84. The standard InChI is InChI=1S/C17H29N3/c1-5-8-17(2,3)14-11-16(13-18-12-14)19-15-6-9-20(4)10-7-15/h11-13,15,19H,5-10H2,1-4H3. The van der Waals surface area contributed by atoms with Crippen molar-refractivity contribution in [3.05, 3.63) is 24.0 Å². The molecule has 0 saturated carbocycles. The summed E-state index contributed by atoms with van der Waals surface area (Å²) >= 11 is 0. The quantitative estimate of drug-likeness (QED) is 0.889. The molecule has 3 heteroatoms. The van der Waals surface area contributed by atoms with Gasteiger partial charge in [-0.05, 0) is 56.4 Å². The summed E-state index contributed by atoms with van der Waals surface area (Å²) in [4.78, 5) is 6.84. The Balaban J connectivity index is 2.02. The minimum absolute atomic E-state index is 0.215. The van der Waals surface area contributed by atoms with Crippen molar-refractivity contribution < 1.29 is 0 Å². The first-order chi connectivity index (χ1) is 9.51. The smallest absolute Gasteiger partial charge is 0.0531 e. The Bertz CT molecular complexity index is 420. The highest BCUT2D eigenvalue weighted by Gasteiger charge is 2.21. The van der Waals surface area contributed by atoms with Crippen molar-refractivity contribution in [3.63, 3.8) is 0 Å². The van der Waals surface area contributed by atoms with Crippen LogP contribution in [0.2, 0.25) is 0 Å². The zero-order valence-corrected chi connectivity index (χ0v) is 13.4. The van der Waals surface area contributed by atoms with E-state index in [4.69, 9.17) is 0 Å². The number of hydrogen-bond acceptors (Lipinski definition) is 3. The Morgan fingerprint density at radius 2 is 2.00 bits per heavy atom. The van der Waals surface area contributed by atoms with Gasteiger partial charge >= 0.3 is 0 Å². The molecule has 0 bridgehead atoms. The van der Waals surface area contributed by atoms with E-state index >= 15 is 0 Å². The van der Waals surface area contributed by atoms with Crippen molar-refractivity contribution in [2.24, 2.45) is 0 Å². The fraction of sp³-hybridized carbons (Fsp3) is 0.706. The van der Waals surface area contributed by atoms with Gasteiger partial charge in [-0.25, -0.2) is 0 Å². The molecule has 1 aromatic rings. The number of anilines is 1. The Labute approximate surface area is 123 Å². The molecule has 0 radical (unpaired) electrons. The number of rotatable bonds is 5. The lowest BCUT2D eigenvalue weighted by Crippen LogP contribution is -2.36. The van der Waals surface area contributed by atoms with Gasteiger partial charge in [-0.1, -0.05) is 27.2 Å². The molecule has 112 valence electrons. The first-order valence-electron chi connectivity index (χ1n) is 7.92. The molecule has 0 unspecified atom stereocenters. The third kappa shape index (κ3) is 3.95. The van der Waals surface area contributed by atoms with Gasteiger partial charge in [-0.2, -0.15) is 0 Å². The lowest BCUT2D eigenvalue weighted by atomic mass is 9.81. The van der Waals surface area contributed by atoms with Crippen molar-refractivity contribution in [2.75, 3.05) is 25.5 Å². The summed E-state index contributed by atoms with van der Waals surface area (Å²) in [5.41, 5.74) is 2.74. The Hall–Kier alpha value is -1.09. The van der Waals surface area contributed by atoms with E-state index in [1.807, 2.05) is 12.4 Å². The summed E-state index contributed by atoms with van der Waals surface area (Å²) in [6, 6.07) is 2.89. The van der Waals surface area contributed by atoms with Crippen LogP contribution in [0.5, 0.6) is 0 Å². The monoisotopic (exact) mass is 275 g/mol. The third-order valence-electron chi connectivity index (χ3n) is 4.48. The zero-order valence-electron chi connectivity index (χ0n) is 13.4. The van der Waals surface area contributed by atoms with Gasteiger partial charge in [0.2, 0.25) is 0 Å². The van der Waals surface area contributed by atoms with Gasteiger partial charge < -0.3 is 10.2 Å². The van der Waals surface area contributed by atoms with Crippen LogP contribution in [0.15, 0.2) is 18.5 Å². The van der Waals surface area contributed by atoms with Crippen LogP contribution in [0.1, 0.15) is 52.0 Å². The topological polar surface area (TPSA) is 28.2 Å². The molecule has 0 spiro atoms. The van der Waals surface area contributed by atoms with E-state index in [1.54, 1.807) is 0 Å². The average molecular weight is 275 g/mol. The van der Waals surface area contributed by atoms with Crippen LogP contribution in [0.25, 0.3) is 0 Å². The maximum Gasteiger partial charge on any atom is 0.0531 e. The fourth-order valence-corrected chi connectivity index (χ4v) is 3.05. The molecule has 20 heavy (non-hydrogen) atoms. The van der Waals surface area contributed by atoms with E-state index in [-0.39, 0.29) is 5.41 Å². The third-order valence-corrected chi connectivity index (χ3v) is 4.48. The first kappa shape index (κ1) is 15.3. The molecule has 2 rings (SSSR count). The van der Waals surface area contributed by atoms with E-state index in [0.29, 0.717) is 6.04 Å². The van der Waals surface area contributed by atoms with Crippen LogP contribution in [0, 0.1) is 0 Å². The second-order valence-electron chi connectivity index (χ2n) is 6.82. The number of hydrogen-bond donors (Lipinski definition) is 1. The van der Waals surface area contributed by atoms with E-state index in [1.165, 1.54) is 50.0 Å². The molecule has 1 N–H and O–H groups in total. The number of likely N-dealkylation sites (tertiary alicyclic amines) is 1. The molecular weight excluding hydrogens is 246 g/mol. The second-order valence-corrected chi connectivity index (χ2v) is 6.82. The van der Waals surface area contributed by atoms with Crippen LogP contribution in [-0.4, -0.2) is 36.1 Å². The molecule has 2 heterocycles. The molecule has 1 fully saturated rings. The first-order valence-corrected chi connectivity index (χ1v) is 7.92. The number of nitrogens with one attached hydrogen (secondary N) is 1. The van der Waals surface area contributed by atoms with Crippen molar-refractivity contribution >= 4 is 5.69 Å². The summed E-state index contributed by atoms with van der Waals surface area (Å²) in [5.74, 6) is 0. The van der Waals surface area contributed by atoms with Crippen molar-refractivity contribution in [3.8, 4) is 0 Å². The summed E-state index contributed by atoms with van der Waals surface area (Å²) in [7, 11) is 2.20. The van der Waals surface area contributed by atoms with Crippen LogP contribution < -0.4 is 5.32 Å².